The van der Waals surface area contributed by atoms with E-state index < -0.39 is 22.5 Å². The number of halogens is 2. The smallest absolute Gasteiger partial charge is 0.264 e. The fraction of sp³-hybridized carbons (Fsp3) is 0.321. The average molecular weight is 546 g/mol. The third kappa shape index (κ3) is 5.72. The first-order valence-corrected chi connectivity index (χ1v) is 14.3. The first-order chi connectivity index (χ1) is 17.2. The zero-order valence-corrected chi connectivity index (χ0v) is 22.8. The minimum absolute atomic E-state index is 0.0682. The molecular formula is C28H30Cl2N2O3S. The van der Waals surface area contributed by atoms with Crippen molar-refractivity contribution in [3.8, 4) is 0 Å². The molecule has 0 aromatic heterocycles. The molecule has 36 heavy (non-hydrogen) atoms. The van der Waals surface area contributed by atoms with Gasteiger partial charge in [-0.1, -0.05) is 72.1 Å². The van der Waals surface area contributed by atoms with Crippen molar-refractivity contribution >= 4 is 44.8 Å². The highest BCUT2D eigenvalue weighted by atomic mass is 35.5. The Labute approximate surface area is 223 Å². The molecule has 0 fully saturated rings. The normalized spacial score (nSPS) is 14.1. The van der Waals surface area contributed by atoms with Crippen LogP contribution in [0.2, 0.25) is 10.0 Å². The van der Waals surface area contributed by atoms with Crippen molar-refractivity contribution in [2.45, 2.75) is 56.9 Å². The SMILES string of the molecule is CC[C@@H](NC(=O)CN(c1cccc(Cl)c1Cl)S(=O)(=O)c1ccc(C)cc1)c1ccc2c(c1)CCCC2. The van der Waals surface area contributed by atoms with E-state index in [2.05, 4.69) is 23.5 Å². The van der Waals surface area contributed by atoms with Crippen LogP contribution in [0.1, 0.15) is 54.5 Å². The molecule has 1 amide bonds. The molecule has 0 bridgehead atoms. The van der Waals surface area contributed by atoms with Crippen LogP contribution in [-0.4, -0.2) is 20.9 Å². The lowest BCUT2D eigenvalue weighted by Crippen LogP contribution is -2.42. The molecule has 4 rings (SSSR count). The number of hydrogen-bond donors (Lipinski definition) is 1. The highest BCUT2D eigenvalue weighted by Crippen LogP contribution is 2.35. The van der Waals surface area contributed by atoms with E-state index in [1.165, 1.54) is 36.1 Å². The number of nitrogens with zero attached hydrogens (tertiary/aromatic N) is 1. The fourth-order valence-corrected chi connectivity index (χ4v) is 6.46. The van der Waals surface area contributed by atoms with Gasteiger partial charge in [-0.05, 0) is 80.0 Å². The lowest BCUT2D eigenvalue weighted by Gasteiger charge is -2.27. The molecule has 3 aromatic carbocycles. The summed E-state index contributed by atoms with van der Waals surface area (Å²) in [6.45, 7) is 3.44. The van der Waals surface area contributed by atoms with Crippen molar-refractivity contribution in [3.05, 3.63) is 93.0 Å². The van der Waals surface area contributed by atoms with Gasteiger partial charge in [0.25, 0.3) is 10.0 Å². The molecule has 0 aliphatic heterocycles. The molecule has 0 unspecified atom stereocenters. The van der Waals surface area contributed by atoms with Crippen LogP contribution in [0.4, 0.5) is 5.69 Å². The molecule has 0 saturated carbocycles. The second-order valence-electron chi connectivity index (χ2n) is 9.16. The summed E-state index contributed by atoms with van der Waals surface area (Å²) in [6.07, 6.45) is 5.19. The van der Waals surface area contributed by atoms with E-state index in [4.69, 9.17) is 23.2 Å². The van der Waals surface area contributed by atoms with Gasteiger partial charge in [-0.15, -0.1) is 0 Å². The number of amides is 1. The number of rotatable bonds is 8. The van der Waals surface area contributed by atoms with Crippen LogP contribution >= 0.6 is 23.2 Å². The largest absolute Gasteiger partial charge is 0.348 e. The Hall–Kier alpha value is -2.54. The standard InChI is InChI=1S/C28H30Cl2N2O3S/c1-3-25(22-14-13-20-7-4-5-8-21(20)17-22)31-27(33)18-32(26-10-6-9-24(29)28(26)30)36(34,35)23-15-11-19(2)12-16-23/h6,9-17,25H,3-5,7-8,18H2,1-2H3,(H,31,33)/t25-/m1/s1. The van der Waals surface area contributed by atoms with Crippen molar-refractivity contribution < 1.29 is 13.2 Å². The minimum Gasteiger partial charge on any atom is -0.348 e. The van der Waals surface area contributed by atoms with Crippen molar-refractivity contribution in [1.29, 1.82) is 0 Å². The number of nitrogens with one attached hydrogen (secondary N) is 1. The number of anilines is 1. The summed E-state index contributed by atoms with van der Waals surface area (Å²) in [5.41, 5.74) is 4.81. The Kier molecular flexibility index (Phi) is 8.28. The van der Waals surface area contributed by atoms with Crippen LogP contribution in [0.15, 0.2) is 65.6 Å². The molecule has 1 atom stereocenters. The average Bonchev–Trinajstić information content (AvgIpc) is 2.87. The van der Waals surface area contributed by atoms with Gasteiger partial charge in [0.15, 0.2) is 0 Å². The summed E-state index contributed by atoms with van der Waals surface area (Å²) in [5.74, 6) is -0.425. The van der Waals surface area contributed by atoms with Gasteiger partial charge in [-0.25, -0.2) is 8.42 Å². The molecule has 0 spiro atoms. The second-order valence-corrected chi connectivity index (χ2v) is 11.8. The predicted molar refractivity (Wildman–Crippen MR) is 146 cm³/mol. The number of fused-ring (bicyclic) bond motifs is 1. The minimum atomic E-state index is -4.10. The Morgan fingerprint density at radius 2 is 1.69 bits per heavy atom. The molecule has 190 valence electrons. The van der Waals surface area contributed by atoms with Crippen molar-refractivity contribution in [3.63, 3.8) is 0 Å². The van der Waals surface area contributed by atoms with Crippen LogP contribution in [0, 0.1) is 6.92 Å². The van der Waals surface area contributed by atoms with E-state index in [0.717, 1.165) is 28.3 Å². The second kappa shape index (κ2) is 11.2. The molecule has 1 N–H and O–H groups in total. The Morgan fingerprint density at radius 3 is 2.39 bits per heavy atom. The van der Waals surface area contributed by atoms with Crippen LogP contribution in [0.3, 0.4) is 0 Å². The highest BCUT2D eigenvalue weighted by molar-refractivity contribution is 7.92. The van der Waals surface area contributed by atoms with Gasteiger partial charge >= 0.3 is 0 Å². The summed E-state index contributed by atoms with van der Waals surface area (Å²) in [4.78, 5) is 13.4. The molecule has 1 aliphatic rings. The maximum atomic E-state index is 13.7. The van der Waals surface area contributed by atoms with Crippen LogP contribution in [-0.2, 0) is 27.7 Å². The number of carbonyl (C=O) groups excluding carboxylic acids is 1. The molecule has 3 aromatic rings. The third-order valence-corrected chi connectivity index (χ3v) is 9.20. The molecule has 1 aliphatic carbocycles. The van der Waals surface area contributed by atoms with E-state index in [1.54, 1.807) is 30.3 Å². The Bertz CT molecular complexity index is 1360. The Morgan fingerprint density at radius 1 is 1.00 bits per heavy atom. The monoisotopic (exact) mass is 544 g/mol. The lowest BCUT2D eigenvalue weighted by atomic mass is 9.89. The molecule has 0 heterocycles. The van der Waals surface area contributed by atoms with Crippen molar-refractivity contribution in [2.24, 2.45) is 0 Å². The van der Waals surface area contributed by atoms with Gasteiger partial charge in [-0.3, -0.25) is 9.10 Å². The molecule has 5 nitrogen and oxygen atoms in total. The zero-order valence-electron chi connectivity index (χ0n) is 20.4. The van der Waals surface area contributed by atoms with E-state index in [9.17, 15) is 13.2 Å². The summed E-state index contributed by atoms with van der Waals surface area (Å²) < 4.78 is 28.4. The summed E-state index contributed by atoms with van der Waals surface area (Å²) >= 11 is 12.6. The van der Waals surface area contributed by atoms with Gasteiger partial charge in [-0.2, -0.15) is 0 Å². The van der Waals surface area contributed by atoms with E-state index in [0.29, 0.717) is 6.42 Å². The number of sulfonamides is 1. The number of hydrogen-bond acceptors (Lipinski definition) is 3. The molecule has 0 saturated heterocycles. The fourth-order valence-electron chi connectivity index (χ4n) is 4.58. The van der Waals surface area contributed by atoms with E-state index in [1.807, 2.05) is 13.8 Å². The van der Waals surface area contributed by atoms with Gasteiger partial charge in [0.1, 0.15) is 6.54 Å². The Balaban J connectivity index is 1.63. The maximum Gasteiger partial charge on any atom is 0.264 e. The van der Waals surface area contributed by atoms with Gasteiger partial charge in [0.05, 0.1) is 26.7 Å². The van der Waals surface area contributed by atoms with E-state index in [-0.39, 0.29) is 26.7 Å². The number of carbonyl (C=O) groups is 1. The van der Waals surface area contributed by atoms with Crippen molar-refractivity contribution in [2.75, 3.05) is 10.8 Å². The first kappa shape index (κ1) is 26.5. The molecule has 8 heteroatoms. The van der Waals surface area contributed by atoms with E-state index >= 15 is 0 Å². The number of benzene rings is 3. The molecule has 0 radical (unpaired) electrons. The van der Waals surface area contributed by atoms with Gasteiger partial charge in [0.2, 0.25) is 5.91 Å². The van der Waals surface area contributed by atoms with Crippen LogP contribution in [0.25, 0.3) is 0 Å². The topological polar surface area (TPSA) is 66.5 Å². The first-order valence-electron chi connectivity index (χ1n) is 12.1. The lowest BCUT2D eigenvalue weighted by molar-refractivity contribution is -0.120. The molecular weight excluding hydrogens is 515 g/mol. The predicted octanol–water partition coefficient (Wildman–Crippen LogP) is 6.64. The summed E-state index contributed by atoms with van der Waals surface area (Å²) in [6, 6.07) is 17.4. The summed E-state index contributed by atoms with van der Waals surface area (Å²) in [7, 11) is -4.10. The van der Waals surface area contributed by atoms with Crippen molar-refractivity contribution in [1.82, 2.24) is 5.32 Å². The number of aryl methyl sites for hydroxylation is 3. The highest BCUT2D eigenvalue weighted by Gasteiger charge is 2.30. The van der Waals surface area contributed by atoms with Crippen LogP contribution < -0.4 is 9.62 Å². The maximum absolute atomic E-state index is 13.7. The zero-order chi connectivity index (χ0) is 25.9. The quantitative estimate of drug-likeness (QED) is 0.345. The van der Waals surface area contributed by atoms with Gasteiger partial charge in [0, 0.05) is 0 Å². The summed E-state index contributed by atoms with van der Waals surface area (Å²) in [5, 5.41) is 3.32. The van der Waals surface area contributed by atoms with Gasteiger partial charge < -0.3 is 5.32 Å². The van der Waals surface area contributed by atoms with Crippen LogP contribution in [0.5, 0.6) is 0 Å². The third-order valence-electron chi connectivity index (χ3n) is 6.61.